The fourth-order valence-corrected chi connectivity index (χ4v) is 3.70. The number of halogens is 1. The van der Waals surface area contributed by atoms with E-state index in [0.29, 0.717) is 22.7 Å². The molecular weight excluding hydrogens is 330 g/mol. The molecule has 3 rings (SSSR count). The number of hydrogen-bond acceptors (Lipinski definition) is 4. The van der Waals surface area contributed by atoms with Gasteiger partial charge in [0.2, 0.25) is 5.91 Å². The van der Waals surface area contributed by atoms with Crippen molar-refractivity contribution in [2.75, 3.05) is 7.11 Å². The van der Waals surface area contributed by atoms with Crippen molar-refractivity contribution in [1.29, 1.82) is 0 Å². The Morgan fingerprint density at radius 2 is 1.88 bits per heavy atom. The first-order chi connectivity index (χ1) is 11.4. The van der Waals surface area contributed by atoms with Crippen molar-refractivity contribution in [2.24, 2.45) is 11.8 Å². The van der Waals surface area contributed by atoms with E-state index >= 15 is 0 Å². The van der Waals surface area contributed by atoms with Crippen molar-refractivity contribution >= 4 is 29.3 Å². The maximum atomic E-state index is 13.0. The van der Waals surface area contributed by atoms with Crippen LogP contribution in [-0.4, -0.2) is 24.8 Å². The smallest absolute Gasteiger partial charge is 0.316 e. The lowest BCUT2D eigenvalue weighted by molar-refractivity contribution is -0.151. The second kappa shape index (κ2) is 6.40. The minimum Gasteiger partial charge on any atom is -0.468 e. The summed E-state index contributed by atoms with van der Waals surface area (Å²) in [5.74, 6) is -2.30. The van der Waals surface area contributed by atoms with Crippen LogP contribution in [0.15, 0.2) is 35.5 Å². The third-order valence-corrected chi connectivity index (χ3v) is 4.98. The topological polar surface area (TPSA) is 72.5 Å². The highest BCUT2D eigenvalue weighted by Gasteiger charge is 2.45. The van der Waals surface area contributed by atoms with E-state index in [1.807, 2.05) is 19.1 Å². The molecule has 0 unspecified atom stereocenters. The van der Waals surface area contributed by atoms with Gasteiger partial charge in [0.15, 0.2) is 5.78 Å². The number of carbonyl (C=O) groups is 3. The van der Waals surface area contributed by atoms with Crippen LogP contribution in [0.2, 0.25) is 5.02 Å². The maximum Gasteiger partial charge on any atom is 0.316 e. The summed E-state index contributed by atoms with van der Waals surface area (Å²) in [7, 11) is 1.28. The summed E-state index contributed by atoms with van der Waals surface area (Å²) < 4.78 is 4.80. The van der Waals surface area contributed by atoms with Gasteiger partial charge in [-0.05, 0) is 30.0 Å². The first kappa shape index (κ1) is 16.7. The highest BCUT2D eigenvalue weighted by atomic mass is 35.5. The summed E-state index contributed by atoms with van der Waals surface area (Å²) in [6.45, 7) is 1.82. The number of methoxy groups -OCH3 is 1. The second-order valence-corrected chi connectivity index (χ2v) is 6.73. The SMILES string of the molecule is COC(=O)[C@@H]1C(=O)C2=C(C[C@H]1C)NC(=O)C[C@H]2c1ccc(Cl)cc1. The molecule has 24 heavy (non-hydrogen) atoms. The van der Waals surface area contributed by atoms with Crippen LogP contribution in [0.5, 0.6) is 0 Å². The molecule has 0 aromatic heterocycles. The number of nitrogens with one attached hydrogen (secondary N) is 1. The molecule has 0 radical (unpaired) electrons. The first-order valence-electron chi connectivity index (χ1n) is 7.82. The summed E-state index contributed by atoms with van der Waals surface area (Å²) in [6.07, 6.45) is 0.644. The lowest BCUT2D eigenvalue weighted by Gasteiger charge is -2.36. The highest BCUT2D eigenvalue weighted by molar-refractivity contribution is 6.30. The normalized spacial score (nSPS) is 26.7. The predicted molar refractivity (Wildman–Crippen MR) is 88.3 cm³/mol. The Hall–Kier alpha value is -2.14. The number of esters is 1. The molecule has 0 spiro atoms. The van der Waals surface area contributed by atoms with Gasteiger partial charge in [-0.2, -0.15) is 0 Å². The number of ketones is 1. The second-order valence-electron chi connectivity index (χ2n) is 6.30. The zero-order chi connectivity index (χ0) is 17.4. The molecule has 0 saturated carbocycles. The molecule has 1 aliphatic carbocycles. The van der Waals surface area contributed by atoms with Gasteiger partial charge >= 0.3 is 5.97 Å². The number of rotatable bonds is 2. The van der Waals surface area contributed by atoms with Gasteiger partial charge in [-0.25, -0.2) is 0 Å². The predicted octanol–water partition coefficient (Wildman–Crippen LogP) is 2.60. The third kappa shape index (κ3) is 2.84. The van der Waals surface area contributed by atoms with Gasteiger partial charge < -0.3 is 10.1 Å². The average Bonchev–Trinajstić information content (AvgIpc) is 2.54. The van der Waals surface area contributed by atoms with E-state index < -0.39 is 11.9 Å². The van der Waals surface area contributed by atoms with Gasteiger partial charge in [0, 0.05) is 28.6 Å². The minimum absolute atomic E-state index is 0.120. The molecule has 1 N–H and O–H groups in total. The van der Waals surface area contributed by atoms with Crippen LogP contribution in [0.3, 0.4) is 0 Å². The number of amides is 1. The monoisotopic (exact) mass is 347 g/mol. The molecule has 0 fully saturated rings. The molecule has 0 bridgehead atoms. The number of benzene rings is 1. The van der Waals surface area contributed by atoms with E-state index in [1.54, 1.807) is 12.1 Å². The van der Waals surface area contributed by atoms with Crippen LogP contribution in [0, 0.1) is 11.8 Å². The van der Waals surface area contributed by atoms with E-state index in [2.05, 4.69) is 5.32 Å². The van der Waals surface area contributed by atoms with Crippen molar-refractivity contribution < 1.29 is 19.1 Å². The summed E-state index contributed by atoms with van der Waals surface area (Å²) in [4.78, 5) is 37.1. The summed E-state index contributed by atoms with van der Waals surface area (Å²) in [5, 5.41) is 3.40. The molecule has 126 valence electrons. The fourth-order valence-electron chi connectivity index (χ4n) is 3.58. The van der Waals surface area contributed by atoms with Gasteiger partial charge in [0.1, 0.15) is 5.92 Å². The van der Waals surface area contributed by atoms with E-state index in [4.69, 9.17) is 16.3 Å². The Morgan fingerprint density at radius 1 is 1.21 bits per heavy atom. The Morgan fingerprint density at radius 3 is 2.50 bits per heavy atom. The van der Waals surface area contributed by atoms with Crippen LogP contribution in [-0.2, 0) is 19.1 Å². The summed E-state index contributed by atoms with van der Waals surface area (Å²) >= 11 is 5.93. The Bertz CT molecular complexity index is 738. The van der Waals surface area contributed by atoms with Gasteiger partial charge in [-0.3, -0.25) is 14.4 Å². The average molecular weight is 348 g/mol. The Balaban J connectivity index is 2.06. The van der Waals surface area contributed by atoms with Gasteiger partial charge in [0.05, 0.1) is 7.11 Å². The first-order valence-corrected chi connectivity index (χ1v) is 8.20. The molecule has 1 aromatic rings. The highest BCUT2D eigenvalue weighted by Crippen LogP contribution is 2.42. The molecule has 2 aliphatic rings. The van der Waals surface area contributed by atoms with Crippen LogP contribution in [0.25, 0.3) is 0 Å². The van der Waals surface area contributed by atoms with E-state index in [9.17, 15) is 14.4 Å². The standard InChI is InChI=1S/C18H18ClNO4/c1-9-7-13-16(17(22)15(9)18(23)24-2)12(8-14(21)20-13)10-3-5-11(19)6-4-10/h3-6,9,12,15H,7-8H2,1-2H3,(H,20,21)/t9-,12+,15+/m1/s1. The van der Waals surface area contributed by atoms with E-state index in [-0.39, 0.29) is 29.9 Å². The molecule has 3 atom stereocenters. The number of ether oxygens (including phenoxy) is 1. The maximum absolute atomic E-state index is 13.0. The molecular formula is C18H18ClNO4. The lowest BCUT2D eigenvalue weighted by atomic mass is 9.70. The molecule has 1 heterocycles. The van der Waals surface area contributed by atoms with Crippen molar-refractivity contribution in [1.82, 2.24) is 5.32 Å². The largest absolute Gasteiger partial charge is 0.468 e. The molecule has 1 aromatic carbocycles. The molecule has 0 saturated heterocycles. The quantitative estimate of drug-likeness (QED) is 0.659. The Kier molecular flexibility index (Phi) is 4.45. The fraction of sp³-hybridized carbons (Fsp3) is 0.389. The minimum atomic E-state index is -0.821. The van der Waals surface area contributed by atoms with Crippen LogP contribution >= 0.6 is 11.6 Å². The number of allylic oxidation sites excluding steroid dienone is 2. The molecule has 5 nitrogen and oxygen atoms in total. The summed E-state index contributed by atoms with van der Waals surface area (Å²) in [5.41, 5.74) is 1.99. The lowest BCUT2D eigenvalue weighted by Crippen LogP contribution is -2.44. The molecule has 1 aliphatic heterocycles. The molecule has 1 amide bonds. The van der Waals surface area contributed by atoms with Gasteiger partial charge in [0.25, 0.3) is 0 Å². The number of hydrogen-bond donors (Lipinski definition) is 1. The van der Waals surface area contributed by atoms with Crippen LogP contribution in [0.1, 0.15) is 31.2 Å². The van der Waals surface area contributed by atoms with Gasteiger partial charge in [-0.1, -0.05) is 30.7 Å². The van der Waals surface area contributed by atoms with Crippen molar-refractivity contribution in [3.05, 3.63) is 46.1 Å². The van der Waals surface area contributed by atoms with Crippen LogP contribution in [0.4, 0.5) is 0 Å². The van der Waals surface area contributed by atoms with Crippen molar-refractivity contribution in [3.8, 4) is 0 Å². The van der Waals surface area contributed by atoms with Crippen LogP contribution < -0.4 is 5.32 Å². The number of carbonyl (C=O) groups excluding carboxylic acids is 3. The number of Topliss-reactive ketones (excluding diaryl/α,β-unsaturated/α-hetero) is 1. The Labute approximate surface area is 145 Å². The van der Waals surface area contributed by atoms with Gasteiger partial charge in [-0.15, -0.1) is 0 Å². The van der Waals surface area contributed by atoms with E-state index in [1.165, 1.54) is 7.11 Å². The molecule has 6 heteroatoms. The van der Waals surface area contributed by atoms with Crippen molar-refractivity contribution in [2.45, 2.75) is 25.7 Å². The zero-order valence-electron chi connectivity index (χ0n) is 13.5. The summed E-state index contributed by atoms with van der Waals surface area (Å²) in [6, 6.07) is 7.10. The zero-order valence-corrected chi connectivity index (χ0v) is 14.2. The van der Waals surface area contributed by atoms with E-state index in [0.717, 1.165) is 5.56 Å². The van der Waals surface area contributed by atoms with Crippen molar-refractivity contribution in [3.63, 3.8) is 0 Å². The third-order valence-electron chi connectivity index (χ3n) is 4.72.